The lowest BCUT2D eigenvalue weighted by Gasteiger charge is -2.18. The molecule has 0 N–H and O–H groups in total. The van der Waals surface area contributed by atoms with Gasteiger partial charge in [-0.3, -0.25) is 14.4 Å². The zero-order valence-electron chi connectivity index (χ0n) is 53.5. The van der Waals surface area contributed by atoms with Crippen LogP contribution >= 0.6 is 0 Å². The van der Waals surface area contributed by atoms with E-state index in [0.29, 0.717) is 19.3 Å². The summed E-state index contributed by atoms with van der Waals surface area (Å²) in [6.07, 6.45) is 92.9. The summed E-state index contributed by atoms with van der Waals surface area (Å²) >= 11 is 0. The maximum absolute atomic E-state index is 12.9. The molecule has 0 aromatic carbocycles. The van der Waals surface area contributed by atoms with Gasteiger partial charge >= 0.3 is 17.9 Å². The number of carbonyl (C=O) groups excluding carboxylic acids is 3. The molecule has 0 saturated carbocycles. The summed E-state index contributed by atoms with van der Waals surface area (Å²) in [5, 5.41) is 0. The van der Waals surface area contributed by atoms with Crippen LogP contribution in [0.5, 0.6) is 0 Å². The van der Waals surface area contributed by atoms with Crippen molar-refractivity contribution in [3.63, 3.8) is 0 Å². The minimum absolute atomic E-state index is 0.0762. The Labute approximate surface area is 502 Å². The van der Waals surface area contributed by atoms with E-state index in [1.165, 1.54) is 186 Å². The Bertz CT molecular complexity index is 1580. The van der Waals surface area contributed by atoms with E-state index in [1.54, 1.807) is 0 Å². The number of hydrogen-bond acceptors (Lipinski definition) is 6. The van der Waals surface area contributed by atoms with Gasteiger partial charge in [0, 0.05) is 19.3 Å². The first-order chi connectivity index (χ1) is 40.0. The van der Waals surface area contributed by atoms with Crippen LogP contribution in [0.1, 0.15) is 342 Å². The highest BCUT2D eigenvalue weighted by atomic mass is 16.6. The standard InChI is InChI=1S/C75H130O6/c1-4-7-10-13-16-19-22-25-27-29-31-33-34-35-36-37-38-39-40-42-43-45-47-50-53-56-59-62-65-68-74(77)80-71-72(70-79-73(76)67-64-61-58-55-52-49-24-21-18-15-12-9-6-3)81-75(78)69-66-63-60-57-54-51-48-46-44-41-32-30-28-26-23-20-17-14-11-8-5-2/h7-8,10-11,16-17,19-20,25-28,31-33,41,72H,4-6,9,12-15,18,21-24,29-30,34-40,42-71H2,1-3H3/b10-7-,11-8-,19-16-,20-17-,27-25-,28-26-,33-31-,41-32-. The molecule has 0 spiro atoms. The number of esters is 3. The van der Waals surface area contributed by atoms with Crippen LogP contribution in [0, 0.1) is 0 Å². The molecule has 0 amide bonds. The Morgan fingerprint density at radius 1 is 0.259 bits per heavy atom. The smallest absolute Gasteiger partial charge is 0.306 e. The maximum Gasteiger partial charge on any atom is 0.306 e. The van der Waals surface area contributed by atoms with E-state index in [2.05, 4.69) is 118 Å². The minimum atomic E-state index is -0.781. The lowest BCUT2D eigenvalue weighted by atomic mass is 10.0. The van der Waals surface area contributed by atoms with Crippen molar-refractivity contribution in [3.8, 4) is 0 Å². The Morgan fingerprint density at radius 2 is 0.481 bits per heavy atom. The number of unbranched alkanes of at least 4 members (excludes halogenated alkanes) is 36. The van der Waals surface area contributed by atoms with Gasteiger partial charge in [0.25, 0.3) is 0 Å². The molecule has 0 aromatic heterocycles. The molecule has 0 bridgehead atoms. The average molecular weight is 1130 g/mol. The molecule has 81 heavy (non-hydrogen) atoms. The van der Waals surface area contributed by atoms with Crippen molar-refractivity contribution in [2.75, 3.05) is 13.2 Å². The fourth-order valence-electron chi connectivity index (χ4n) is 9.96. The van der Waals surface area contributed by atoms with Crippen LogP contribution in [0.25, 0.3) is 0 Å². The average Bonchev–Trinajstić information content (AvgIpc) is 3.46. The molecule has 0 heterocycles. The van der Waals surface area contributed by atoms with E-state index in [9.17, 15) is 14.4 Å². The Hall–Kier alpha value is -3.67. The van der Waals surface area contributed by atoms with Gasteiger partial charge in [-0.15, -0.1) is 0 Å². The molecule has 6 heteroatoms. The van der Waals surface area contributed by atoms with E-state index in [0.717, 1.165) is 116 Å². The van der Waals surface area contributed by atoms with Crippen LogP contribution in [0.2, 0.25) is 0 Å². The maximum atomic E-state index is 12.9. The molecule has 6 nitrogen and oxygen atoms in total. The first-order valence-electron chi connectivity index (χ1n) is 34.7. The summed E-state index contributed by atoms with van der Waals surface area (Å²) in [5.74, 6) is -0.867. The largest absolute Gasteiger partial charge is 0.462 e. The van der Waals surface area contributed by atoms with Gasteiger partial charge in [-0.05, 0) is 96.3 Å². The predicted octanol–water partition coefficient (Wildman–Crippen LogP) is 24.0. The Balaban J connectivity index is 4.25. The topological polar surface area (TPSA) is 78.9 Å². The molecule has 0 fully saturated rings. The van der Waals surface area contributed by atoms with E-state index in [4.69, 9.17) is 14.2 Å². The highest BCUT2D eigenvalue weighted by Crippen LogP contribution is 2.17. The molecule has 1 unspecified atom stereocenters. The van der Waals surface area contributed by atoms with Crippen molar-refractivity contribution in [1.82, 2.24) is 0 Å². The fourth-order valence-corrected chi connectivity index (χ4v) is 9.96. The van der Waals surface area contributed by atoms with E-state index >= 15 is 0 Å². The van der Waals surface area contributed by atoms with Crippen molar-refractivity contribution in [3.05, 3.63) is 97.2 Å². The van der Waals surface area contributed by atoms with Crippen LogP contribution in [-0.2, 0) is 28.6 Å². The molecular formula is C75H130O6. The Kier molecular flexibility index (Phi) is 65.7. The lowest BCUT2D eigenvalue weighted by molar-refractivity contribution is -0.167. The third-order valence-electron chi connectivity index (χ3n) is 15.1. The molecule has 466 valence electrons. The zero-order valence-corrected chi connectivity index (χ0v) is 53.5. The van der Waals surface area contributed by atoms with Crippen LogP contribution in [-0.4, -0.2) is 37.2 Å². The Morgan fingerprint density at radius 3 is 0.753 bits per heavy atom. The molecule has 0 saturated heterocycles. The molecule has 0 aliphatic rings. The quantitative estimate of drug-likeness (QED) is 0.0261. The lowest BCUT2D eigenvalue weighted by Crippen LogP contribution is -2.30. The second-order valence-corrected chi connectivity index (χ2v) is 23.0. The second-order valence-electron chi connectivity index (χ2n) is 23.0. The zero-order chi connectivity index (χ0) is 58.5. The summed E-state index contributed by atoms with van der Waals surface area (Å²) < 4.78 is 17.0. The van der Waals surface area contributed by atoms with Gasteiger partial charge in [-0.2, -0.15) is 0 Å². The number of hydrogen-bond donors (Lipinski definition) is 0. The van der Waals surface area contributed by atoms with Gasteiger partial charge in [0.2, 0.25) is 0 Å². The summed E-state index contributed by atoms with van der Waals surface area (Å²) in [7, 11) is 0. The first kappa shape index (κ1) is 77.3. The van der Waals surface area contributed by atoms with Gasteiger partial charge in [0.05, 0.1) is 0 Å². The van der Waals surface area contributed by atoms with E-state index in [1.807, 2.05) is 0 Å². The molecule has 0 rings (SSSR count). The van der Waals surface area contributed by atoms with Crippen LogP contribution in [0.3, 0.4) is 0 Å². The van der Waals surface area contributed by atoms with Gasteiger partial charge in [0.1, 0.15) is 13.2 Å². The highest BCUT2D eigenvalue weighted by molar-refractivity contribution is 5.71. The summed E-state index contributed by atoms with van der Waals surface area (Å²) in [6, 6.07) is 0. The summed E-state index contributed by atoms with van der Waals surface area (Å²) in [6.45, 7) is 6.45. The third kappa shape index (κ3) is 67.0. The van der Waals surface area contributed by atoms with Gasteiger partial charge in [-0.1, -0.05) is 323 Å². The fraction of sp³-hybridized carbons (Fsp3) is 0.747. The molecule has 0 radical (unpaired) electrons. The molecule has 0 aliphatic carbocycles. The highest BCUT2D eigenvalue weighted by Gasteiger charge is 2.19. The van der Waals surface area contributed by atoms with Crippen LogP contribution in [0.4, 0.5) is 0 Å². The number of allylic oxidation sites excluding steroid dienone is 16. The van der Waals surface area contributed by atoms with E-state index in [-0.39, 0.29) is 31.1 Å². The normalized spacial score (nSPS) is 12.7. The third-order valence-corrected chi connectivity index (χ3v) is 15.1. The second kappa shape index (κ2) is 68.8. The molecular weight excluding hydrogens is 997 g/mol. The van der Waals surface area contributed by atoms with Gasteiger partial charge < -0.3 is 14.2 Å². The number of carbonyl (C=O) groups is 3. The first-order valence-corrected chi connectivity index (χ1v) is 34.7. The van der Waals surface area contributed by atoms with Crippen molar-refractivity contribution >= 4 is 17.9 Å². The van der Waals surface area contributed by atoms with Crippen LogP contribution < -0.4 is 0 Å². The molecule has 0 aliphatic heterocycles. The van der Waals surface area contributed by atoms with Crippen LogP contribution in [0.15, 0.2) is 97.2 Å². The number of ether oxygens (including phenoxy) is 3. The van der Waals surface area contributed by atoms with Gasteiger partial charge in [-0.25, -0.2) is 0 Å². The summed E-state index contributed by atoms with van der Waals surface area (Å²) in [4.78, 5) is 38.4. The molecule has 0 aromatic rings. The number of rotatable bonds is 63. The molecule has 1 atom stereocenters. The van der Waals surface area contributed by atoms with Gasteiger partial charge in [0.15, 0.2) is 6.10 Å². The SMILES string of the molecule is CC/C=C\C/C=C\C/C=C\C/C=C\CCCCCCCCCCCCCCCCCCC(=O)OCC(COC(=O)CCCCCCCCCCCCCCC)OC(=O)CCCCCCCCCC/C=C\C/C=C\C/C=C\C/C=C\CC. The predicted molar refractivity (Wildman–Crippen MR) is 353 cm³/mol. The minimum Gasteiger partial charge on any atom is -0.462 e. The van der Waals surface area contributed by atoms with Crippen molar-refractivity contribution < 1.29 is 28.6 Å². The van der Waals surface area contributed by atoms with Crippen molar-refractivity contribution in [2.45, 2.75) is 348 Å². The summed E-state index contributed by atoms with van der Waals surface area (Å²) in [5.41, 5.74) is 0. The van der Waals surface area contributed by atoms with E-state index < -0.39 is 6.10 Å². The van der Waals surface area contributed by atoms with Crippen molar-refractivity contribution in [1.29, 1.82) is 0 Å². The van der Waals surface area contributed by atoms with Crippen molar-refractivity contribution in [2.24, 2.45) is 0 Å². The monoisotopic (exact) mass is 1130 g/mol.